The third-order valence-corrected chi connectivity index (χ3v) is 11.0. The summed E-state index contributed by atoms with van der Waals surface area (Å²) in [6.45, 7) is 12.6. The van der Waals surface area contributed by atoms with Crippen molar-refractivity contribution in [3.63, 3.8) is 0 Å². The standard InChI is InChI=1S/C38H49F2N9O3/c1-4-38(50)44-31-22-32(43-36-24-37(42-25-41-36)49-33(11-20-52-49)29-6-5-26(39)21-30(29)40)35(51-3)23-34(31)48-14-9-28(10-15-48)47-18-16-46(17-19-47)27-7-12-45(2)13-8-27/h4-6,21-25,27-28,33H,1,7-20H2,2-3H3,(H,44,50)(H,41,42,43). The molecule has 278 valence electrons. The Bertz CT molecular complexity index is 1720. The van der Waals surface area contributed by atoms with Gasteiger partial charge in [-0.1, -0.05) is 12.6 Å². The van der Waals surface area contributed by atoms with Crippen LogP contribution in [0.25, 0.3) is 0 Å². The number of nitrogens with zero attached hydrogens (tertiary/aromatic N) is 7. The second-order valence-electron chi connectivity index (χ2n) is 14.1. The number of carbonyl (C=O) groups is 1. The average Bonchev–Trinajstić information content (AvgIpc) is 3.65. The zero-order valence-electron chi connectivity index (χ0n) is 30.1. The maximum absolute atomic E-state index is 14.7. The molecule has 14 heteroatoms. The maximum Gasteiger partial charge on any atom is 0.247 e. The first-order chi connectivity index (χ1) is 25.3. The third kappa shape index (κ3) is 7.99. The van der Waals surface area contributed by atoms with Crippen molar-refractivity contribution in [2.75, 3.05) is 93.7 Å². The smallest absolute Gasteiger partial charge is 0.247 e. The van der Waals surface area contributed by atoms with Gasteiger partial charge >= 0.3 is 0 Å². The predicted octanol–water partition coefficient (Wildman–Crippen LogP) is 5.20. The van der Waals surface area contributed by atoms with E-state index >= 15 is 0 Å². The number of rotatable bonds is 10. The number of piperazine rings is 1. The Balaban J connectivity index is 1.04. The van der Waals surface area contributed by atoms with Crippen LogP contribution < -0.4 is 25.3 Å². The lowest BCUT2D eigenvalue weighted by molar-refractivity contribution is -0.111. The molecule has 2 aromatic carbocycles. The number of aromatic nitrogens is 2. The van der Waals surface area contributed by atoms with Gasteiger partial charge in [-0.3, -0.25) is 19.4 Å². The summed E-state index contributed by atoms with van der Waals surface area (Å²) >= 11 is 0. The van der Waals surface area contributed by atoms with Gasteiger partial charge in [0.25, 0.3) is 0 Å². The summed E-state index contributed by atoms with van der Waals surface area (Å²) < 4.78 is 34.2. The Kier molecular flexibility index (Phi) is 11.2. The van der Waals surface area contributed by atoms with E-state index in [1.165, 1.54) is 55.5 Å². The van der Waals surface area contributed by atoms with Gasteiger partial charge in [-0.25, -0.2) is 23.8 Å². The molecule has 1 amide bonds. The Morgan fingerprint density at radius 1 is 0.904 bits per heavy atom. The minimum Gasteiger partial charge on any atom is -0.494 e. The van der Waals surface area contributed by atoms with Crippen LogP contribution in [0.3, 0.4) is 0 Å². The van der Waals surface area contributed by atoms with E-state index in [1.807, 2.05) is 12.1 Å². The number of amides is 1. The number of nitrogens with one attached hydrogen (secondary N) is 2. The molecule has 7 rings (SSSR count). The number of benzene rings is 2. The van der Waals surface area contributed by atoms with Crippen molar-refractivity contribution in [2.45, 2.75) is 50.2 Å². The van der Waals surface area contributed by atoms with Crippen LogP contribution >= 0.6 is 0 Å². The molecule has 0 saturated carbocycles. The Labute approximate surface area is 304 Å². The summed E-state index contributed by atoms with van der Waals surface area (Å²) in [5, 5.41) is 7.84. The minimum absolute atomic E-state index is 0.315. The lowest BCUT2D eigenvalue weighted by Crippen LogP contribution is -2.56. The van der Waals surface area contributed by atoms with Gasteiger partial charge in [-0.05, 0) is 64.0 Å². The molecule has 52 heavy (non-hydrogen) atoms. The molecule has 0 radical (unpaired) electrons. The van der Waals surface area contributed by atoms with Crippen molar-refractivity contribution in [1.82, 2.24) is 24.7 Å². The van der Waals surface area contributed by atoms with Crippen molar-refractivity contribution in [3.05, 3.63) is 72.6 Å². The molecule has 0 bridgehead atoms. The number of halogens is 2. The van der Waals surface area contributed by atoms with Crippen LogP contribution in [0.4, 0.5) is 37.5 Å². The zero-order chi connectivity index (χ0) is 36.2. The topological polar surface area (TPSA) is 102 Å². The van der Waals surface area contributed by atoms with Crippen LogP contribution in [0.5, 0.6) is 5.75 Å². The van der Waals surface area contributed by atoms with Gasteiger partial charge in [0.15, 0.2) is 5.82 Å². The Morgan fingerprint density at radius 2 is 1.60 bits per heavy atom. The molecule has 0 spiro atoms. The first kappa shape index (κ1) is 36.0. The first-order valence-corrected chi connectivity index (χ1v) is 18.3. The van der Waals surface area contributed by atoms with Crippen molar-refractivity contribution in [1.29, 1.82) is 0 Å². The van der Waals surface area contributed by atoms with Crippen molar-refractivity contribution in [2.24, 2.45) is 0 Å². The van der Waals surface area contributed by atoms with Crippen molar-refractivity contribution >= 4 is 34.6 Å². The van der Waals surface area contributed by atoms with Crippen LogP contribution in [-0.4, -0.2) is 116 Å². The highest BCUT2D eigenvalue weighted by Gasteiger charge is 2.33. The van der Waals surface area contributed by atoms with E-state index in [9.17, 15) is 13.6 Å². The summed E-state index contributed by atoms with van der Waals surface area (Å²) in [7, 11) is 3.83. The number of hydrogen-bond donors (Lipinski definition) is 2. The highest BCUT2D eigenvalue weighted by Crippen LogP contribution is 2.41. The number of methoxy groups -OCH3 is 1. The van der Waals surface area contributed by atoms with E-state index in [2.05, 4.69) is 53.8 Å². The Morgan fingerprint density at radius 3 is 2.25 bits per heavy atom. The molecule has 12 nitrogen and oxygen atoms in total. The summed E-state index contributed by atoms with van der Waals surface area (Å²) in [6.07, 6.45) is 7.76. The molecule has 4 saturated heterocycles. The second kappa shape index (κ2) is 16.1. The lowest BCUT2D eigenvalue weighted by Gasteiger charge is -2.46. The van der Waals surface area contributed by atoms with Gasteiger partial charge in [0.1, 0.15) is 29.5 Å². The molecule has 3 aromatic rings. The fourth-order valence-corrected chi connectivity index (χ4v) is 8.10. The summed E-state index contributed by atoms with van der Waals surface area (Å²) in [5.41, 5.74) is 2.40. The van der Waals surface area contributed by atoms with E-state index in [4.69, 9.17) is 9.57 Å². The molecule has 1 aromatic heterocycles. The van der Waals surface area contributed by atoms with Gasteiger partial charge in [0.2, 0.25) is 5.91 Å². The third-order valence-electron chi connectivity index (χ3n) is 11.0. The fourth-order valence-electron chi connectivity index (χ4n) is 8.10. The quantitative estimate of drug-likeness (QED) is 0.271. The van der Waals surface area contributed by atoms with Crippen molar-refractivity contribution in [3.8, 4) is 5.75 Å². The van der Waals surface area contributed by atoms with Crippen LogP contribution in [0, 0.1) is 11.6 Å². The van der Waals surface area contributed by atoms with Gasteiger partial charge in [0.05, 0.1) is 36.8 Å². The molecular weight excluding hydrogens is 668 g/mol. The highest BCUT2D eigenvalue weighted by atomic mass is 19.1. The maximum atomic E-state index is 14.7. The number of carbonyl (C=O) groups excluding carboxylic acids is 1. The Hall–Kier alpha value is -4.37. The first-order valence-electron chi connectivity index (χ1n) is 18.3. The van der Waals surface area contributed by atoms with Crippen LogP contribution in [0.2, 0.25) is 0 Å². The fraction of sp³-hybridized carbons (Fsp3) is 0.500. The zero-order valence-corrected chi connectivity index (χ0v) is 30.1. The second-order valence-corrected chi connectivity index (χ2v) is 14.1. The van der Waals surface area contributed by atoms with E-state index in [1.54, 1.807) is 13.2 Å². The predicted molar refractivity (Wildman–Crippen MR) is 198 cm³/mol. The van der Waals surface area contributed by atoms with Gasteiger partial charge in [-0.15, -0.1) is 0 Å². The van der Waals surface area contributed by atoms with Crippen LogP contribution in [0.15, 0.2) is 55.4 Å². The number of anilines is 5. The highest BCUT2D eigenvalue weighted by molar-refractivity contribution is 6.02. The summed E-state index contributed by atoms with van der Waals surface area (Å²) in [5.74, 6) is -0.183. The average molecular weight is 718 g/mol. The molecule has 1 atom stereocenters. The van der Waals surface area contributed by atoms with Gasteiger partial charge in [-0.2, -0.15) is 0 Å². The van der Waals surface area contributed by atoms with E-state index in [0.717, 1.165) is 69.9 Å². The van der Waals surface area contributed by atoms with Crippen LogP contribution in [-0.2, 0) is 9.63 Å². The molecule has 4 fully saturated rings. The van der Waals surface area contributed by atoms with Crippen LogP contribution in [0.1, 0.15) is 43.7 Å². The number of hydrogen-bond acceptors (Lipinski definition) is 11. The summed E-state index contributed by atoms with van der Waals surface area (Å²) in [4.78, 5) is 37.4. The molecule has 4 aliphatic rings. The van der Waals surface area contributed by atoms with Gasteiger partial charge < -0.3 is 25.2 Å². The minimum atomic E-state index is -0.641. The molecule has 1 unspecified atom stereocenters. The lowest BCUT2D eigenvalue weighted by atomic mass is 9.99. The number of hydroxylamine groups is 1. The van der Waals surface area contributed by atoms with Crippen molar-refractivity contribution < 1.29 is 23.1 Å². The number of likely N-dealkylation sites (tertiary alicyclic amines) is 1. The number of ether oxygens (including phenoxy) is 1. The normalized spacial score (nSPS) is 21.3. The molecule has 5 heterocycles. The molecule has 2 N–H and O–H groups in total. The van der Waals surface area contributed by atoms with E-state index in [-0.39, 0.29) is 5.91 Å². The largest absolute Gasteiger partial charge is 0.494 e. The molecular formula is C38H49F2N9O3. The number of piperidine rings is 2. The summed E-state index contributed by atoms with van der Waals surface area (Å²) in [6, 6.07) is 9.79. The van der Waals surface area contributed by atoms with Gasteiger partial charge in [0, 0.05) is 81.5 Å². The molecule has 4 aliphatic heterocycles. The SMILES string of the molecule is C=CC(=O)Nc1cc(Nc2cc(N3OCCC3c3ccc(F)cc3F)ncn2)c(OC)cc1N1CCC(N2CCN(C3CCN(C)CC3)CC2)CC1. The van der Waals surface area contributed by atoms with E-state index < -0.39 is 17.7 Å². The monoisotopic (exact) mass is 717 g/mol. The van der Waals surface area contributed by atoms with E-state index in [0.29, 0.717) is 53.4 Å². The molecule has 0 aliphatic carbocycles.